The van der Waals surface area contributed by atoms with Gasteiger partial charge in [0.15, 0.2) is 0 Å². The molecule has 1 fully saturated rings. The fraction of sp³-hybridized carbons (Fsp3) is 0.533. The Morgan fingerprint density at radius 1 is 1.23 bits per heavy atom. The smallest absolute Gasteiger partial charge is 0.444 e. The van der Waals surface area contributed by atoms with Gasteiger partial charge in [0.2, 0.25) is 0 Å². The van der Waals surface area contributed by atoms with E-state index >= 15 is 0 Å². The average Bonchev–Trinajstić information content (AvgIpc) is 2.21. The number of ether oxygens (including phenoxy) is 2. The number of hydrogen-bond donors (Lipinski definition) is 0. The highest BCUT2D eigenvalue weighted by Gasteiger charge is 2.35. The third kappa shape index (κ3) is 4.54. The summed E-state index contributed by atoms with van der Waals surface area (Å²) in [7, 11) is 0. The van der Waals surface area contributed by atoms with Crippen LogP contribution in [-0.2, 0) is 4.74 Å². The van der Waals surface area contributed by atoms with Gasteiger partial charge in [-0.2, -0.15) is 0 Å². The summed E-state index contributed by atoms with van der Waals surface area (Å²) >= 11 is 0. The van der Waals surface area contributed by atoms with Gasteiger partial charge in [0.25, 0.3) is 0 Å². The molecule has 0 aliphatic carbocycles. The molecule has 0 spiro atoms. The third-order valence-electron chi connectivity index (χ3n) is 3.10. The SMILES string of the molecule is CC(C)(C)OC(=O)N1CC(c2cccc(OC(F)(F)F)c2)C1. The Bertz CT molecular complexity index is 546. The van der Waals surface area contributed by atoms with Crippen LogP contribution in [0.25, 0.3) is 0 Å². The predicted molar refractivity (Wildman–Crippen MR) is 73.7 cm³/mol. The number of halogens is 3. The van der Waals surface area contributed by atoms with Gasteiger partial charge in [-0.05, 0) is 38.5 Å². The summed E-state index contributed by atoms with van der Waals surface area (Å²) in [5.74, 6) is -0.259. The van der Waals surface area contributed by atoms with E-state index in [1.54, 1.807) is 26.8 Å². The summed E-state index contributed by atoms with van der Waals surface area (Å²) in [5.41, 5.74) is 0.143. The monoisotopic (exact) mass is 317 g/mol. The van der Waals surface area contributed by atoms with Crippen LogP contribution in [0.5, 0.6) is 5.75 Å². The third-order valence-corrected chi connectivity index (χ3v) is 3.10. The van der Waals surface area contributed by atoms with E-state index in [1.165, 1.54) is 23.1 Å². The lowest BCUT2D eigenvalue weighted by Crippen LogP contribution is -2.50. The van der Waals surface area contributed by atoms with E-state index in [9.17, 15) is 18.0 Å². The molecule has 1 heterocycles. The van der Waals surface area contributed by atoms with Crippen LogP contribution in [0.3, 0.4) is 0 Å². The summed E-state index contributed by atoms with van der Waals surface area (Å²) in [4.78, 5) is 13.3. The van der Waals surface area contributed by atoms with E-state index in [0.29, 0.717) is 18.7 Å². The van der Waals surface area contributed by atoms with Gasteiger partial charge in [-0.3, -0.25) is 0 Å². The Balaban J connectivity index is 1.93. The topological polar surface area (TPSA) is 38.8 Å². The van der Waals surface area contributed by atoms with E-state index < -0.39 is 18.1 Å². The van der Waals surface area contributed by atoms with Crippen molar-refractivity contribution in [1.29, 1.82) is 0 Å². The molecule has 1 amide bonds. The van der Waals surface area contributed by atoms with Crippen LogP contribution in [0.1, 0.15) is 32.3 Å². The first-order chi connectivity index (χ1) is 10.0. The molecule has 7 heteroatoms. The molecular formula is C15H18F3NO3. The molecule has 22 heavy (non-hydrogen) atoms. The fourth-order valence-corrected chi connectivity index (χ4v) is 2.13. The highest BCUT2D eigenvalue weighted by atomic mass is 19.4. The Kier molecular flexibility index (Phi) is 4.26. The zero-order valence-electron chi connectivity index (χ0n) is 12.6. The van der Waals surface area contributed by atoms with Crippen molar-refractivity contribution < 1.29 is 27.4 Å². The highest BCUT2D eigenvalue weighted by molar-refractivity contribution is 5.69. The molecule has 1 aromatic rings. The van der Waals surface area contributed by atoms with Crippen LogP contribution in [0.2, 0.25) is 0 Å². The molecule has 1 saturated heterocycles. The lowest BCUT2D eigenvalue weighted by Gasteiger charge is -2.40. The zero-order valence-corrected chi connectivity index (χ0v) is 12.6. The molecule has 4 nitrogen and oxygen atoms in total. The molecule has 1 aliphatic heterocycles. The van der Waals surface area contributed by atoms with Gasteiger partial charge < -0.3 is 14.4 Å². The first kappa shape index (κ1) is 16.5. The van der Waals surface area contributed by atoms with E-state index in [4.69, 9.17) is 4.74 Å². The average molecular weight is 317 g/mol. The Morgan fingerprint density at radius 2 is 1.86 bits per heavy atom. The second-order valence-corrected chi connectivity index (χ2v) is 6.20. The largest absolute Gasteiger partial charge is 0.573 e. The van der Waals surface area contributed by atoms with E-state index in [2.05, 4.69) is 4.74 Å². The van der Waals surface area contributed by atoms with Gasteiger partial charge in [-0.1, -0.05) is 12.1 Å². The Morgan fingerprint density at radius 3 is 2.41 bits per heavy atom. The second kappa shape index (κ2) is 5.70. The van der Waals surface area contributed by atoms with Gasteiger partial charge in [0.05, 0.1) is 0 Å². The number of carbonyl (C=O) groups excluding carboxylic acids is 1. The summed E-state index contributed by atoms with van der Waals surface area (Å²) in [6, 6.07) is 5.83. The maximum Gasteiger partial charge on any atom is 0.573 e. The number of carbonyl (C=O) groups is 1. The van der Waals surface area contributed by atoms with Crippen LogP contribution < -0.4 is 4.74 Å². The van der Waals surface area contributed by atoms with Crippen LogP contribution in [0, 0.1) is 0 Å². The van der Waals surface area contributed by atoms with Gasteiger partial charge in [-0.15, -0.1) is 13.2 Å². The molecule has 0 radical (unpaired) electrons. The van der Waals surface area contributed by atoms with E-state index in [0.717, 1.165) is 0 Å². The number of likely N-dealkylation sites (tertiary alicyclic amines) is 1. The maximum atomic E-state index is 12.2. The first-order valence-electron chi connectivity index (χ1n) is 6.87. The second-order valence-electron chi connectivity index (χ2n) is 6.20. The molecule has 1 aliphatic rings. The molecule has 1 aromatic carbocycles. The van der Waals surface area contributed by atoms with Gasteiger partial charge in [0.1, 0.15) is 11.4 Å². The standard InChI is InChI=1S/C15H18F3NO3/c1-14(2,3)22-13(20)19-8-11(9-19)10-5-4-6-12(7-10)21-15(16,17)18/h4-7,11H,8-9H2,1-3H3. The molecular weight excluding hydrogens is 299 g/mol. The minimum absolute atomic E-state index is 0.00991. The number of hydrogen-bond acceptors (Lipinski definition) is 3. The molecule has 0 unspecified atom stereocenters. The van der Waals surface area contributed by atoms with Crippen molar-refractivity contribution in [1.82, 2.24) is 4.90 Å². The number of amides is 1. The van der Waals surface area contributed by atoms with E-state index in [1.807, 2.05) is 0 Å². The van der Waals surface area contributed by atoms with Gasteiger partial charge in [0, 0.05) is 19.0 Å². The quantitative estimate of drug-likeness (QED) is 0.830. The molecule has 2 rings (SSSR count). The number of nitrogens with zero attached hydrogens (tertiary/aromatic N) is 1. The highest BCUT2D eigenvalue weighted by Crippen LogP contribution is 2.31. The van der Waals surface area contributed by atoms with Crippen LogP contribution in [0.4, 0.5) is 18.0 Å². The Hall–Kier alpha value is -1.92. The normalized spacial score (nSPS) is 16.2. The summed E-state index contributed by atoms with van der Waals surface area (Å²) in [6.07, 6.45) is -5.12. The molecule has 0 saturated carbocycles. The van der Waals surface area contributed by atoms with Crippen LogP contribution >= 0.6 is 0 Å². The molecule has 122 valence electrons. The lowest BCUT2D eigenvalue weighted by molar-refractivity contribution is -0.274. The van der Waals surface area contributed by atoms with Crippen molar-refractivity contribution in [3.8, 4) is 5.75 Å². The minimum Gasteiger partial charge on any atom is -0.444 e. The van der Waals surface area contributed by atoms with Crippen molar-refractivity contribution >= 4 is 6.09 Å². The van der Waals surface area contributed by atoms with Crippen LogP contribution in [-0.4, -0.2) is 36.0 Å². The van der Waals surface area contributed by atoms with Crippen molar-refractivity contribution in [2.24, 2.45) is 0 Å². The molecule has 0 atom stereocenters. The van der Waals surface area contributed by atoms with Crippen molar-refractivity contribution in [3.05, 3.63) is 29.8 Å². The first-order valence-corrected chi connectivity index (χ1v) is 6.87. The van der Waals surface area contributed by atoms with Crippen LogP contribution in [0.15, 0.2) is 24.3 Å². The molecule has 0 aromatic heterocycles. The Labute approximate surface area is 126 Å². The predicted octanol–water partition coefficient (Wildman–Crippen LogP) is 3.92. The summed E-state index contributed by atoms with van der Waals surface area (Å²) in [5, 5.41) is 0. The fourth-order valence-electron chi connectivity index (χ4n) is 2.13. The summed E-state index contributed by atoms with van der Waals surface area (Å²) < 4.78 is 45.7. The van der Waals surface area contributed by atoms with Gasteiger partial charge >= 0.3 is 12.5 Å². The number of benzene rings is 1. The molecule has 0 N–H and O–H groups in total. The maximum absolute atomic E-state index is 12.2. The van der Waals surface area contributed by atoms with Crippen molar-refractivity contribution in [2.45, 2.75) is 38.7 Å². The number of rotatable bonds is 2. The van der Waals surface area contributed by atoms with Gasteiger partial charge in [-0.25, -0.2) is 4.79 Å². The van der Waals surface area contributed by atoms with Crippen molar-refractivity contribution in [3.63, 3.8) is 0 Å². The van der Waals surface area contributed by atoms with Crippen molar-refractivity contribution in [2.75, 3.05) is 13.1 Å². The summed E-state index contributed by atoms with van der Waals surface area (Å²) in [6.45, 7) is 6.18. The molecule has 0 bridgehead atoms. The minimum atomic E-state index is -4.71. The lowest BCUT2D eigenvalue weighted by atomic mass is 9.92. The number of alkyl halides is 3. The van der Waals surface area contributed by atoms with E-state index in [-0.39, 0.29) is 11.7 Å². The zero-order chi connectivity index (χ0) is 16.5.